The van der Waals surface area contributed by atoms with Crippen molar-refractivity contribution in [3.05, 3.63) is 16.8 Å². The van der Waals surface area contributed by atoms with Gasteiger partial charge in [0.15, 0.2) is 0 Å². The molecule has 1 fully saturated rings. The minimum Gasteiger partial charge on any atom is -0.352 e. The summed E-state index contributed by atoms with van der Waals surface area (Å²) in [5.41, 5.74) is 1.32. The predicted molar refractivity (Wildman–Crippen MR) is 87.2 cm³/mol. The minimum absolute atomic E-state index is 0.400. The lowest BCUT2D eigenvalue weighted by Gasteiger charge is -2.30. The Morgan fingerprint density at radius 3 is 2.95 bits per heavy atom. The maximum absolute atomic E-state index is 6.21. The van der Waals surface area contributed by atoms with Crippen LogP contribution in [0.4, 0.5) is 5.82 Å². The molecule has 1 unspecified atom stereocenters. The number of fused-ring (bicyclic) bond motifs is 1. The van der Waals surface area contributed by atoms with Gasteiger partial charge in [0.25, 0.3) is 0 Å². The van der Waals surface area contributed by atoms with E-state index in [0.717, 1.165) is 23.6 Å². The van der Waals surface area contributed by atoms with Crippen LogP contribution in [0.2, 0.25) is 0 Å². The molecule has 0 aromatic carbocycles. The first kappa shape index (κ1) is 14.1. The van der Waals surface area contributed by atoms with E-state index in [1.165, 1.54) is 35.1 Å². The molecule has 20 heavy (non-hydrogen) atoms. The molecule has 108 valence electrons. The van der Waals surface area contributed by atoms with Gasteiger partial charge >= 0.3 is 0 Å². The van der Waals surface area contributed by atoms with Crippen LogP contribution in [-0.2, 0) is 0 Å². The number of rotatable bonds is 2. The quantitative estimate of drug-likeness (QED) is 0.775. The average molecular weight is 310 g/mol. The fourth-order valence-corrected chi connectivity index (χ4v) is 4.31. The van der Waals surface area contributed by atoms with E-state index in [1.807, 2.05) is 0 Å². The fraction of sp³-hybridized carbons (Fsp3) is 0.600. The Morgan fingerprint density at radius 1 is 1.30 bits per heavy atom. The molecular weight excluding hydrogens is 290 g/mol. The van der Waals surface area contributed by atoms with Crippen LogP contribution < -0.4 is 4.90 Å². The van der Waals surface area contributed by atoms with Crippen LogP contribution >= 0.6 is 22.9 Å². The van der Waals surface area contributed by atoms with Gasteiger partial charge in [0.1, 0.15) is 17.0 Å². The molecule has 3 heterocycles. The molecule has 1 atom stereocenters. The first-order valence-electron chi connectivity index (χ1n) is 7.25. The van der Waals surface area contributed by atoms with E-state index < -0.39 is 0 Å². The molecule has 5 heteroatoms. The van der Waals surface area contributed by atoms with Crippen molar-refractivity contribution in [2.24, 2.45) is 0 Å². The maximum Gasteiger partial charge on any atom is 0.141 e. The highest BCUT2D eigenvalue weighted by Crippen LogP contribution is 2.36. The molecule has 2 aromatic heterocycles. The topological polar surface area (TPSA) is 29.0 Å². The third-order valence-electron chi connectivity index (χ3n) is 4.27. The number of halogens is 1. The zero-order valence-electron chi connectivity index (χ0n) is 12.0. The Balaban J connectivity index is 2.12. The summed E-state index contributed by atoms with van der Waals surface area (Å²) >= 11 is 7.97. The van der Waals surface area contributed by atoms with Crippen molar-refractivity contribution in [1.29, 1.82) is 0 Å². The lowest BCUT2D eigenvalue weighted by molar-refractivity contribution is 0.617. The van der Waals surface area contributed by atoms with Crippen molar-refractivity contribution in [3.8, 4) is 0 Å². The van der Waals surface area contributed by atoms with Gasteiger partial charge < -0.3 is 4.90 Å². The number of aromatic nitrogens is 2. The third-order valence-corrected chi connectivity index (χ3v) is 5.74. The van der Waals surface area contributed by atoms with E-state index in [2.05, 4.69) is 28.7 Å². The van der Waals surface area contributed by atoms with Gasteiger partial charge in [-0.15, -0.1) is 22.9 Å². The first-order chi connectivity index (χ1) is 9.72. The van der Waals surface area contributed by atoms with Gasteiger partial charge in [-0.25, -0.2) is 9.97 Å². The number of hydrogen-bond acceptors (Lipinski definition) is 4. The number of hydrogen-bond donors (Lipinski definition) is 0. The van der Waals surface area contributed by atoms with Gasteiger partial charge in [0.2, 0.25) is 0 Å². The average Bonchev–Trinajstić information content (AvgIpc) is 2.66. The molecule has 0 bridgehead atoms. The summed E-state index contributed by atoms with van der Waals surface area (Å²) in [7, 11) is 0. The minimum atomic E-state index is 0.400. The second-order valence-electron chi connectivity index (χ2n) is 5.51. The summed E-state index contributed by atoms with van der Waals surface area (Å²) in [6.45, 7) is 5.39. The van der Waals surface area contributed by atoms with Gasteiger partial charge in [-0.3, -0.25) is 0 Å². The Morgan fingerprint density at radius 2 is 2.15 bits per heavy atom. The highest BCUT2D eigenvalue weighted by atomic mass is 35.5. The summed E-state index contributed by atoms with van der Waals surface area (Å²) in [5, 5.41) is 1.23. The predicted octanol–water partition coefficient (Wildman–Crippen LogP) is 4.30. The molecule has 0 radical (unpaired) electrons. The fourth-order valence-electron chi connectivity index (χ4n) is 3.00. The van der Waals surface area contributed by atoms with Crippen LogP contribution in [0.5, 0.6) is 0 Å². The van der Waals surface area contributed by atoms with Gasteiger partial charge in [-0.2, -0.15) is 0 Å². The van der Waals surface area contributed by atoms with Crippen molar-refractivity contribution in [3.63, 3.8) is 0 Å². The van der Waals surface area contributed by atoms with Crippen LogP contribution in [0.25, 0.3) is 10.2 Å². The maximum atomic E-state index is 6.21. The second-order valence-corrected chi connectivity index (χ2v) is 7.02. The molecule has 1 saturated heterocycles. The van der Waals surface area contributed by atoms with Crippen molar-refractivity contribution in [1.82, 2.24) is 9.97 Å². The molecule has 0 saturated carbocycles. The summed E-state index contributed by atoms with van der Waals surface area (Å²) in [4.78, 5) is 13.9. The zero-order chi connectivity index (χ0) is 14.1. The molecule has 1 aliphatic rings. The highest BCUT2D eigenvalue weighted by Gasteiger charge is 2.24. The van der Waals surface area contributed by atoms with Crippen molar-refractivity contribution < 1.29 is 0 Å². The number of alkyl halides is 1. The van der Waals surface area contributed by atoms with Gasteiger partial charge in [0.05, 0.1) is 5.39 Å². The number of thiophene rings is 1. The van der Waals surface area contributed by atoms with Crippen molar-refractivity contribution >= 4 is 39.0 Å². The lowest BCUT2D eigenvalue weighted by Crippen LogP contribution is -2.37. The molecule has 1 aliphatic heterocycles. The Bertz CT molecular complexity index is 610. The molecule has 3 nitrogen and oxygen atoms in total. The van der Waals surface area contributed by atoms with Crippen LogP contribution in [0, 0.1) is 13.8 Å². The molecule has 0 amide bonds. The van der Waals surface area contributed by atoms with Crippen LogP contribution in [-0.4, -0.2) is 28.4 Å². The largest absolute Gasteiger partial charge is 0.352 e. The van der Waals surface area contributed by atoms with E-state index in [-0.39, 0.29) is 0 Å². The van der Waals surface area contributed by atoms with Crippen LogP contribution in [0.3, 0.4) is 0 Å². The van der Waals surface area contributed by atoms with E-state index in [4.69, 9.17) is 11.6 Å². The molecule has 0 aliphatic carbocycles. The number of nitrogens with zero attached hydrogens (tertiary/aromatic N) is 3. The second kappa shape index (κ2) is 5.86. The zero-order valence-corrected chi connectivity index (χ0v) is 13.6. The smallest absolute Gasteiger partial charge is 0.141 e. The van der Waals surface area contributed by atoms with Gasteiger partial charge in [-0.05, 0) is 32.3 Å². The number of aryl methyl sites for hydroxylation is 2. The SMILES string of the molecule is Cc1sc2ncnc(N3CCCCCC3CCl)c2c1C. The summed E-state index contributed by atoms with van der Waals surface area (Å²) in [5.74, 6) is 1.76. The van der Waals surface area contributed by atoms with E-state index >= 15 is 0 Å². The Hall–Kier alpha value is -0.870. The Labute approximate surface area is 129 Å². The lowest BCUT2D eigenvalue weighted by atomic mass is 10.1. The van der Waals surface area contributed by atoms with E-state index in [1.54, 1.807) is 17.7 Å². The van der Waals surface area contributed by atoms with Crippen LogP contribution in [0.1, 0.15) is 36.1 Å². The molecule has 2 aromatic rings. The molecule has 3 rings (SSSR count). The van der Waals surface area contributed by atoms with Crippen LogP contribution in [0.15, 0.2) is 6.33 Å². The highest BCUT2D eigenvalue weighted by molar-refractivity contribution is 7.18. The van der Waals surface area contributed by atoms with Crippen molar-refractivity contribution in [2.45, 2.75) is 45.6 Å². The standard InChI is InChI=1S/C15H20ClN3S/c1-10-11(2)20-15-13(10)14(17-9-18-15)19-7-5-3-4-6-12(19)8-16/h9,12H,3-8H2,1-2H3. The number of anilines is 1. The Kier molecular flexibility index (Phi) is 4.13. The normalized spacial score (nSPS) is 20.4. The van der Waals surface area contributed by atoms with Crippen molar-refractivity contribution in [2.75, 3.05) is 17.3 Å². The molecule has 0 N–H and O–H groups in total. The first-order valence-corrected chi connectivity index (χ1v) is 8.60. The molecular formula is C15H20ClN3S. The van der Waals surface area contributed by atoms with Gasteiger partial charge in [-0.1, -0.05) is 12.8 Å². The monoisotopic (exact) mass is 309 g/mol. The summed E-state index contributed by atoms with van der Waals surface area (Å²) in [6, 6.07) is 0.400. The van der Waals surface area contributed by atoms with E-state index in [9.17, 15) is 0 Å². The summed E-state index contributed by atoms with van der Waals surface area (Å²) < 4.78 is 0. The third kappa shape index (κ3) is 2.40. The van der Waals surface area contributed by atoms with Gasteiger partial charge in [0, 0.05) is 23.3 Å². The summed E-state index contributed by atoms with van der Waals surface area (Å²) in [6.07, 6.45) is 6.64. The molecule has 0 spiro atoms. The van der Waals surface area contributed by atoms with E-state index in [0.29, 0.717) is 11.9 Å².